The van der Waals surface area contributed by atoms with E-state index >= 15 is 0 Å². The minimum absolute atomic E-state index is 0.0615. The summed E-state index contributed by atoms with van der Waals surface area (Å²) >= 11 is 0. The summed E-state index contributed by atoms with van der Waals surface area (Å²) < 4.78 is 1.35. The molecular formula is C21H22N4O3. The Labute approximate surface area is 162 Å². The van der Waals surface area contributed by atoms with E-state index in [1.807, 2.05) is 24.3 Å². The molecule has 1 aliphatic heterocycles. The van der Waals surface area contributed by atoms with Crippen LogP contribution < -0.4 is 10.9 Å². The van der Waals surface area contributed by atoms with Gasteiger partial charge in [0.25, 0.3) is 5.56 Å². The van der Waals surface area contributed by atoms with Crippen LogP contribution >= 0.6 is 0 Å². The quantitative estimate of drug-likeness (QED) is 0.699. The van der Waals surface area contributed by atoms with Gasteiger partial charge in [-0.05, 0) is 37.1 Å². The SMILES string of the molecule is O=C(C[C@H]1NCCC[C@@H]1O)Cn1cnc2cccc(-c3cccnc3)c2c1=O. The van der Waals surface area contributed by atoms with Crippen LogP contribution in [0.25, 0.3) is 22.0 Å². The number of aliphatic hydroxyl groups excluding tert-OH is 1. The van der Waals surface area contributed by atoms with Crippen LogP contribution in [0, 0.1) is 0 Å². The molecule has 7 heteroatoms. The summed E-state index contributed by atoms with van der Waals surface area (Å²) in [6.07, 6.45) is 6.05. The van der Waals surface area contributed by atoms with Gasteiger partial charge in [-0.25, -0.2) is 4.98 Å². The maximum absolute atomic E-state index is 13.1. The summed E-state index contributed by atoms with van der Waals surface area (Å²) in [4.78, 5) is 34.1. The summed E-state index contributed by atoms with van der Waals surface area (Å²) in [6.45, 7) is 0.731. The maximum atomic E-state index is 13.1. The van der Waals surface area contributed by atoms with Crippen molar-refractivity contribution in [2.45, 2.75) is 38.0 Å². The van der Waals surface area contributed by atoms with Crippen LogP contribution in [0.5, 0.6) is 0 Å². The van der Waals surface area contributed by atoms with Crippen LogP contribution in [-0.2, 0) is 11.3 Å². The van der Waals surface area contributed by atoms with E-state index in [-0.39, 0.29) is 30.3 Å². The standard InChI is InChI=1S/C21H22N4O3/c26-15(10-18-19(27)7-3-9-23-18)12-25-13-24-17-6-1-5-16(20(17)21(25)28)14-4-2-8-22-11-14/h1-2,4-6,8,11,13,18-19,23,27H,3,7,9-10,12H2/t18-,19+/m1/s1. The Kier molecular flexibility index (Phi) is 5.27. The predicted molar refractivity (Wildman–Crippen MR) is 106 cm³/mol. The van der Waals surface area contributed by atoms with Crippen LogP contribution in [0.4, 0.5) is 0 Å². The molecule has 0 spiro atoms. The molecule has 7 nitrogen and oxygen atoms in total. The molecule has 0 aliphatic carbocycles. The highest BCUT2D eigenvalue weighted by atomic mass is 16.3. The predicted octanol–water partition coefficient (Wildman–Crippen LogP) is 1.53. The van der Waals surface area contributed by atoms with E-state index in [1.54, 1.807) is 18.5 Å². The second kappa shape index (κ2) is 8.00. The first-order valence-corrected chi connectivity index (χ1v) is 9.45. The second-order valence-corrected chi connectivity index (χ2v) is 7.13. The van der Waals surface area contributed by atoms with Gasteiger partial charge in [0.2, 0.25) is 0 Å². The highest BCUT2D eigenvalue weighted by Crippen LogP contribution is 2.24. The van der Waals surface area contributed by atoms with Crippen molar-refractivity contribution in [1.82, 2.24) is 19.9 Å². The van der Waals surface area contributed by atoms with Crippen molar-refractivity contribution in [3.63, 3.8) is 0 Å². The Morgan fingerprint density at radius 3 is 2.96 bits per heavy atom. The summed E-state index contributed by atoms with van der Waals surface area (Å²) in [6, 6.07) is 8.94. The van der Waals surface area contributed by atoms with Crippen LogP contribution in [0.15, 0.2) is 53.8 Å². The zero-order chi connectivity index (χ0) is 19.5. The molecule has 0 radical (unpaired) electrons. The molecule has 3 aromatic rings. The maximum Gasteiger partial charge on any atom is 0.262 e. The number of carbonyl (C=O) groups excluding carboxylic acids is 1. The molecule has 2 atom stereocenters. The number of aromatic nitrogens is 3. The lowest BCUT2D eigenvalue weighted by atomic mass is 9.97. The first kappa shape index (κ1) is 18.5. The fourth-order valence-corrected chi connectivity index (χ4v) is 3.72. The second-order valence-electron chi connectivity index (χ2n) is 7.13. The van der Waals surface area contributed by atoms with Crippen LogP contribution in [0.1, 0.15) is 19.3 Å². The number of hydrogen-bond acceptors (Lipinski definition) is 6. The first-order chi connectivity index (χ1) is 13.6. The lowest BCUT2D eigenvalue weighted by Gasteiger charge is -2.28. The van der Waals surface area contributed by atoms with Crippen molar-refractivity contribution >= 4 is 16.7 Å². The van der Waals surface area contributed by atoms with Crippen LogP contribution in [0.3, 0.4) is 0 Å². The van der Waals surface area contributed by atoms with Gasteiger partial charge in [0.1, 0.15) is 0 Å². The molecule has 0 unspecified atom stereocenters. The van der Waals surface area contributed by atoms with E-state index in [9.17, 15) is 14.7 Å². The van der Waals surface area contributed by atoms with Crippen molar-refractivity contribution in [1.29, 1.82) is 0 Å². The molecule has 1 saturated heterocycles. The summed E-state index contributed by atoms with van der Waals surface area (Å²) in [5, 5.41) is 13.7. The average molecular weight is 378 g/mol. The molecule has 2 N–H and O–H groups in total. The Hall–Kier alpha value is -2.90. The molecule has 2 aromatic heterocycles. The molecule has 1 aliphatic rings. The number of fused-ring (bicyclic) bond motifs is 1. The largest absolute Gasteiger partial charge is 0.391 e. The Bertz CT molecular complexity index is 1050. The lowest BCUT2D eigenvalue weighted by molar-refractivity contribution is -0.121. The Morgan fingerprint density at radius 1 is 1.29 bits per heavy atom. The van der Waals surface area contributed by atoms with E-state index in [0.29, 0.717) is 17.3 Å². The van der Waals surface area contributed by atoms with Gasteiger partial charge in [0.05, 0.1) is 29.9 Å². The molecule has 28 heavy (non-hydrogen) atoms. The Morgan fingerprint density at radius 2 is 2.18 bits per heavy atom. The highest BCUT2D eigenvalue weighted by Gasteiger charge is 2.25. The van der Waals surface area contributed by atoms with E-state index in [1.165, 1.54) is 10.9 Å². The fraction of sp³-hybridized carbons (Fsp3) is 0.333. The third-order valence-corrected chi connectivity index (χ3v) is 5.17. The molecule has 4 rings (SSSR count). The number of benzene rings is 1. The third kappa shape index (κ3) is 3.72. The van der Waals surface area contributed by atoms with Gasteiger partial charge in [-0.2, -0.15) is 0 Å². The third-order valence-electron chi connectivity index (χ3n) is 5.17. The molecule has 0 saturated carbocycles. The number of hydrogen-bond donors (Lipinski definition) is 2. The van der Waals surface area contributed by atoms with Gasteiger partial charge in [-0.1, -0.05) is 18.2 Å². The molecule has 1 fully saturated rings. The number of pyridine rings is 1. The average Bonchev–Trinajstić information content (AvgIpc) is 2.72. The highest BCUT2D eigenvalue weighted by molar-refractivity contribution is 5.93. The number of aliphatic hydroxyl groups is 1. The summed E-state index contributed by atoms with van der Waals surface area (Å²) in [7, 11) is 0. The summed E-state index contributed by atoms with van der Waals surface area (Å²) in [5.74, 6) is -0.111. The lowest BCUT2D eigenvalue weighted by Crippen LogP contribution is -2.46. The van der Waals surface area contributed by atoms with Gasteiger partial charge < -0.3 is 10.4 Å². The van der Waals surface area contributed by atoms with Crippen molar-refractivity contribution in [2.75, 3.05) is 6.54 Å². The van der Waals surface area contributed by atoms with E-state index in [4.69, 9.17) is 0 Å². The van der Waals surface area contributed by atoms with Gasteiger partial charge in [-0.3, -0.25) is 19.1 Å². The monoisotopic (exact) mass is 378 g/mol. The molecule has 1 aromatic carbocycles. The van der Waals surface area contributed by atoms with Gasteiger partial charge in [-0.15, -0.1) is 0 Å². The van der Waals surface area contributed by atoms with Crippen molar-refractivity contribution in [3.05, 3.63) is 59.4 Å². The number of piperidine rings is 1. The van der Waals surface area contributed by atoms with Crippen molar-refractivity contribution in [2.24, 2.45) is 0 Å². The van der Waals surface area contributed by atoms with Gasteiger partial charge in [0, 0.05) is 30.4 Å². The van der Waals surface area contributed by atoms with E-state index in [0.717, 1.165) is 24.1 Å². The van der Waals surface area contributed by atoms with Crippen LogP contribution in [0.2, 0.25) is 0 Å². The number of rotatable bonds is 5. The first-order valence-electron chi connectivity index (χ1n) is 9.45. The number of nitrogens with zero attached hydrogens (tertiary/aromatic N) is 3. The molecule has 0 amide bonds. The zero-order valence-corrected chi connectivity index (χ0v) is 15.4. The number of Topliss-reactive ketones (excluding diaryl/α,β-unsaturated/α-hetero) is 1. The smallest absolute Gasteiger partial charge is 0.262 e. The van der Waals surface area contributed by atoms with Crippen molar-refractivity contribution < 1.29 is 9.90 Å². The molecule has 144 valence electrons. The van der Waals surface area contributed by atoms with Crippen molar-refractivity contribution in [3.8, 4) is 11.1 Å². The minimum Gasteiger partial charge on any atom is -0.391 e. The number of nitrogens with one attached hydrogen (secondary N) is 1. The zero-order valence-electron chi connectivity index (χ0n) is 15.4. The molecule has 3 heterocycles. The van der Waals surface area contributed by atoms with Gasteiger partial charge >= 0.3 is 0 Å². The fourth-order valence-electron chi connectivity index (χ4n) is 3.72. The van der Waals surface area contributed by atoms with E-state index < -0.39 is 6.10 Å². The number of ketones is 1. The minimum atomic E-state index is -0.527. The number of carbonyl (C=O) groups is 1. The van der Waals surface area contributed by atoms with Crippen LogP contribution in [-0.4, -0.2) is 44.1 Å². The molecule has 0 bridgehead atoms. The topological polar surface area (TPSA) is 97.1 Å². The normalized spacial score (nSPS) is 19.6. The van der Waals surface area contributed by atoms with Gasteiger partial charge in [0.15, 0.2) is 5.78 Å². The summed E-state index contributed by atoms with van der Waals surface area (Å²) in [5.41, 5.74) is 1.90. The Balaban J connectivity index is 1.64. The molecular weight excluding hydrogens is 356 g/mol. The van der Waals surface area contributed by atoms with E-state index in [2.05, 4.69) is 15.3 Å².